The maximum absolute atomic E-state index is 6.04. The van der Waals surface area contributed by atoms with E-state index < -0.39 is 0 Å². The molecule has 1 heterocycles. The number of aryl methyl sites for hydroxylation is 1. The number of nitrogens with one attached hydrogen (secondary N) is 2. The Kier molecular flexibility index (Phi) is 3.88. The molecule has 0 saturated carbocycles. The van der Waals surface area contributed by atoms with Crippen molar-refractivity contribution in [3.8, 4) is 0 Å². The van der Waals surface area contributed by atoms with Gasteiger partial charge in [0.25, 0.3) is 0 Å². The molecule has 1 unspecified atom stereocenters. The second-order valence-corrected chi connectivity index (χ2v) is 5.97. The zero-order valence-corrected chi connectivity index (χ0v) is 11.5. The van der Waals surface area contributed by atoms with E-state index in [1.54, 1.807) is 0 Å². The van der Waals surface area contributed by atoms with Gasteiger partial charge in [0.2, 0.25) is 0 Å². The van der Waals surface area contributed by atoms with E-state index in [2.05, 4.69) is 22.8 Å². The summed E-state index contributed by atoms with van der Waals surface area (Å²) < 4.78 is 0. The monoisotopic (exact) mass is 264 g/mol. The first kappa shape index (κ1) is 12.5. The Balaban J connectivity index is 1.59. The lowest BCUT2D eigenvalue weighted by molar-refractivity contribution is 0.340. The molecule has 0 radical (unpaired) electrons. The fourth-order valence-corrected chi connectivity index (χ4v) is 3.39. The van der Waals surface area contributed by atoms with Crippen LogP contribution in [0.2, 0.25) is 5.02 Å². The molecule has 18 heavy (non-hydrogen) atoms. The quantitative estimate of drug-likeness (QED) is 0.877. The molecule has 2 nitrogen and oxygen atoms in total. The minimum absolute atomic E-state index is 0.548. The topological polar surface area (TPSA) is 24.1 Å². The molecule has 0 bridgehead atoms. The summed E-state index contributed by atoms with van der Waals surface area (Å²) in [5.74, 6) is 0.850. The number of fused-ring (bicyclic) bond motifs is 1. The number of hydrogen-bond donors (Lipinski definition) is 2. The summed E-state index contributed by atoms with van der Waals surface area (Å²) in [6, 6.07) is 6.89. The van der Waals surface area contributed by atoms with Crippen molar-refractivity contribution in [3.63, 3.8) is 0 Å². The van der Waals surface area contributed by atoms with Gasteiger partial charge in [0.1, 0.15) is 0 Å². The highest BCUT2D eigenvalue weighted by Gasteiger charge is 2.23. The SMILES string of the molecule is Clc1ccc2c(c1)CCC2NCC1CCNCC1. The highest BCUT2D eigenvalue weighted by atomic mass is 35.5. The molecule has 0 aromatic heterocycles. The Labute approximate surface area is 114 Å². The van der Waals surface area contributed by atoms with Gasteiger partial charge in [-0.25, -0.2) is 0 Å². The number of hydrogen-bond acceptors (Lipinski definition) is 2. The summed E-state index contributed by atoms with van der Waals surface area (Å²) >= 11 is 6.04. The normalized spacial score (nSPS) is 24.2. The second kappa shape index (κ2) is 5.60. The number of benzene rings is 1. The highest BCUT2D eigenvalue weighted by Crippen LogP contribution is 2.33. The Morgan fingerprint density at radius 3 is 2.89 bits per heavy atom. The van der Waals surface area contributed by atoms with Gasteiger partial charge < -0.3 is 10.6 Å². The summed E-state index contributed by atoms with van der Waals surface area (Å²) in [4.78, 5) is 0. The molecule has 1 aromatic rings. The molecule has 98 valence electrons. The first-order chi connectivity index (χ1) is 8.83. The molecule has 3 rings (SSSR count). The van der Waals surface area contributed by atoms with E-state index in [-0.39, 0.29) is 0 Å². The van der Waals surface area contributed by atoms with Gasteiger partial charge in [0.15, 0.2) is 0 Å². The molecule has 1 aromatic carbocycles. The number of halogens is 1. The van der Waals surface area contributed by atoms with Crippen LogP contribution >= 0.6 is 11.6 Å². The summed E-state index contributed by atoms with van der Waals surface area (Å²) in [6.45, 7) is 3.53. The fraction of sp³-hybridized carbons (Fsp3) is 0.600. The van der Waals surface area contributed by atoms with Crippen LogP contribution in [-0.4, -0.2) is 19.6 Å². The van der Waals surface area contributed by atoms with Gasteiger partial charge in [0, 0.05) is 11.1 Å². The molecule has 0 spiro atoms. The standard InChI is InChI=1S/C15H21ClN2/c16-13-2-3-14-12(9-13)1-4-15(14)18-10-11-5-7-17-8-6-11/h2-3,9,11,15,17-18H,1,4-8,10H2. The lowest BCUT2D eigenvalue weighted by Gasteiger charge is -2.25. The van der Waals surface area contributed by atoms with Crippen LogP contribution < -0.4 is 10.6 Å². The Bertz CT molecular complexity index is 413. The van der Waals surface area contributed by atoms with E-state index >= 15 is 0 Å². The van der Waals surface area contributed by atoms with Crippen LogP contribution in [0.3, 0.4) is 0 Å². The molecule has 0 amide bonds. The first-order valence-corrected chi connectivity index (χ1v) is 7.43. The van der Waals surface area contributed by atoms with Crippen molar-refractivity contribution in [3.05, 3.63) is 34.3 Å². The third-order valence-corrected chi connectivity index (χ3v) is 4.53. The van der Waals surface area contributed by atoms with Crippen molar-refractivity contribution in [2.45, 2.75) is 31.7 Å². The predicted molar refractivity (Wildman–Crippen MR) is 76.1 cm³/mol. The molecule has 3 heteroatoms. The van der Waals surface area contributed by atoms with Crippen LogP contribution in [0, 0.1) is 5.92 Å². The zero-order chi connectivity index (χ0) is 12.4. The third kappa shape index (κ3) is 2.71. The van der Waals surface area contributed by atoms with Gasteiger partial charge >= 0.3 is 0 Å². The molecule has 1 fully saturated rings. The van der Waals surface area contributed by atoms with Crippen LogP contribution in [0.5, 0.6) is 0 Å². The average Bonchev–Trinajstić information content (AvgIpc) is 2.80. The maximum Gasteiger partial charge on any atom is 0.0408 e. The Morgan fingerprint density at radius 2 is 2.06 bits per heavy atom. The summed E-state index contributed by atoms with van der Waals surface area (Å²) in [5, 5.41) is 8.05. The van der Waals surface area contributed by atoms with Crippen molar-refractivity contribution in [2.24, 2.45) is 5.92 Å². The van der Waals surface area contributed by atoms with E-state index in [1.165, 1.54) is 49.9 Å². The predicted octanol–water partition coefficient (Wildman–Crippen LogP) is 2.92. The molecular formula is C15H21ClN2. The van der Waals surface area contributed by atoms with Gasteiger partial charge in [0.05, 0.1) is 0 Å². The maximum atomic E-state index is 6.04. The fourth-order valence-electron chi connectivity index (χ4n) is 3.19. The second-order valence-electron chi connectivity index (χ2n) is 5.54. The molecule has 1 aliphatic carbocycles. The van der Waals surface area contributed by atoms with Crippen molar-refractivity contribution in [2.75, 3.05) is 19.6 Å². The van der Waals surface area contributed by atoms with Crippen LogP contribution in [-0.2, 0) is 6.42 Å². The van der Waals surface area contributed by atoms with E-state index in [1.807, 2.05) is 6.07 Å². The largest absolute Gasteiger partial charge is 0.317 e. The summed E-state index contributed by atoms with van der Waals surface area (Å²) in [5.41, 5.74) is 2.90. The lowest BCUT2D eigenvalue weighted by Crippen LogP contribution is -2.34. The molecule has 1 saturated heterocycles. The zero-order valence-electron chi connectivity index (χ0n) is 10.7. The van der Waals surface area contributed by atoms with Crippen molar-refractivity contribution >= 4 is 11.6 Å². The molecular weight excluding hydrogens is 244 g/mol. The molecule has 1 atom stereocenters. The van der Waals surface area contributed by atoms with Crippen LogP contribution in [0.25, 0.3) is 0 Å². The van der Waals surface area contributed by atoms with E-state index in [4.69, 9.17) is 11.6 Å². The Morgan fingerprint density at radius 1 is 1.22 bits per heavy atom. The number of rotatable bonds is 3. The van der Waals surface area contributed by atoms with Crippen LogP contribution in [0.4, 0.5) is 0 Å². The van der Waals surface area contributed by atoms with Crippen LogP contribution in [0.1, 0.15) is 36.4 Å². The van der Waals surface area contributed by atoms with Gasteiger partial charge in [-0.2, -0.15) is 0 Å². The van der Waals surface area contributed by atoms with Gasteiger partial charge in [-0.3, -0.25) is 0 Å². The third-order valence-electron chi connectivity index (χ3n) is 4.29. The smallest absolute Gasteiger partial charge is 0.0408 e. The van der Waals surface area contributed by atoms with Crippen molar-refractivity contribution in [1.29, 1.82) is 0 Å². The Hall–Kier alpha value is -0.570. The minimum Gasteiger partial charge on any atom is -0.317 e. The summed E-state index contributed by atoms with van der Waals surface area (Å²) in [6.07, 6.45) is 5.01. The van der Waals surface area contributed by atoms with E-state index in [0.717, 1.165) is 17.5 Å². The first-order valence-electron chi connectivity index (χ1n) is 7.05. The van der Waals surface area contributed by atoms with E-state index in [9.17, 15) is 0 Å². The van der Waals surface area contributed by atoms with E-state index in [0.29, 0.717) is 6.04 Å². The highest BCUT2D eigenvalue weighted by molar-refractivity contribution is 6.30. The minimum atomic E-state index is 0.548. The van der Waals surface area contributed by atoms with Crippen molar-refractivity contribution < 1.29 is 0 Å². The van der Waals surface area contributed by atoms with Gasteiger partial charge in [-0.15, -0.1) is 0 Å². The van der Waals surface area contributed by atoms with Crippen LogP contribution in [0.15, 0.2) is 18.2 Å². The summed E-state index contributed by atoms with van der Waals surface area (Å²) in [7, 11) is 0. The van der Waals surface area contributed by atoms with Gasteiger partial charge in [-0.05, 0) is 74.5 Å². The number of piperidine rings is 1. The molecule has 2 N–H and O–H groups in total. The lowest BCUT2D eigenvalue weighted by atomic mass is 9.97. The average molecular weight is 265 g/mol. The van der Waals surface area contributed by atoms with Crippen molar-refractivity contribution in [1.82, 2.24) is 10.6 Å². The molecule has 1 aliphatic heterocycles. The van der Waals surface area contributed by atoms with Gasteiger partial charge in [-0.1, -0.05) is 17.7 Å². The molecule has 2 aliphatic rings.